The van der Waals surface area contributed by atoms with Crippen molar-refractivity contribution in [1.82, 2.24) is 4.90 Å². The summed E-state index contributed by atoms with van der Waals surface area (Å²) in [5.41, 5.74) is 2.58. The van der Waals surface area contributed by atoms with Gasteiger partial charge in [0.15, 0.2) is 0 Å². The maximum atomic E-state index is 12.1. The molecule has 1 amide bonds. The molecule has 0 saturated carbocycles. The fourth-order valence-electron chi connectivity index (χ4n) is 2.00. The summed E-state index contributed by atoms with van der Waals surface area (Å²) in [6.07, 6.45) is 0. The smallest absolute Gasteiger partial charge is 0.255 e. The molecule has 0 aliphatic rings. The first-order chi connectivity index (χ1) is 10.1. The van der Waals surface area contributed by atoms with E-state index < -0.39 is 0 Å². The van der Waals surface area contributed by atoms with E-state index in [0.717, 1.165) is 18.0 Å². The van der Waals surface area contributed by atoms with Crippen molar-refractivity contribution in [3.8, 4) is 5.75 Å². The largest absolute Gasteiger partial charge is 0.497 e. The molecule has 4 nitrogen and oxygen atoms in total. The second kappa shape index (κ2) is 6.90. The second-order valence-electron chi connectivity index (χ2n) is 5.12. The van der Waals surface area contributed by atoms with Crippen molar-refractivity contribution in [2.45, 2.75) is 6.54 Å². The van der Waals surface area contributed by atoms with Gasteiger partial charge in [-0.25, -0.2) is 0 Å². The van der Waals surface area contributed by atoms with E-state index in [9.17, 15) is 4.79 Å². The van der Waals surface area contributed by atoms with Crippen LogP contribution in [0.3, 0.4) is 0 Å². The Balaban J connectivity index is 2.02. The summed E-state index contributed by atoms with van der Waals surface area (Å²) in [6, 6.07) is 14.9. The van der Waals surface area contributed by atoms with Crippen LogP contribution in [0.2, 0.25) is 0 Å². The van der Waals surface area contributed by atoms with Gasteiger partial charge in [0.25, 0.3) is 5.91 Å². The molecule has 0 heterocycles. The zero-order chi connectivity index (χ0) is 15.2. The lowest BCUT2D eigenvalue weighted by Crippen LogP contribution is -2.13. The first-order valence-corrected chi connectivity index (χ1v) is 6.77. The highest BCUT2D eigenvalue weighted by atomic mass is 16.5. The molecule has 2 aromatic rings. The van der Waals surface area contributed by atoms with Crippen molar-refractivity contribution < 1.29 is 9.53 Å². The highest BCUT2D eigenvalue weighted by Crippen LogP contribution is 2.16. The molecule has 1 N–H and O–H groups in total. The molecule has 4 heteroatoms. The first-order valence-electron chi connectivity index (χ1n) is 6.77. The number of nitrogens with one attached hydrogen (secondary N) is 1. The minimum Gasteiger partial charge on any atom is -0.497 e. The number of methoxy groups -OCH3 is 1. The number of nitrogens with zero attached hydrogens (tertiary/aromatic N) is 1. The van der Waals surface area contributed by atoms with Gasteiger partial charge in [-0.2, -0.15) is 0 Å². The van der Waals surface area contributed by atoms with Gasteiger partial charge in [-0.3, -0.25) is 4.79 Å². The van der Waals surface area contributed by atoms with Crippen molar-refractivity contribution in [2.24, 2.45) is 0 Å². The van der Waals surface area contributed by atoms with Gasteiger partial charge in [-0.05, 0) is 56.1 Å². The molecule has 2 aromatic carbocycles. The number of anilines is 1. The molecule has 0 radical (unpaired) electrons. The number of hydrogen-bond acceptors (Lipinski definition) is 3. The standard InChI is InChI=1S/C17H20N2O2/c1-19(2)12-13-4-6-14(7-5-13)17(20)18-15-8-10-16(21-3)11-9-15/h4-11H,12H2,1-3H3,(H,18,20). The third-order valence-electron chi connectivity index (χ3n) is 3.06. The van der Waals surface area contributed by atoms with Crippen LogP contribution in [0.5, 0.6) is 5.75 Å². The van der Waals surface area contributed by atoms with Crippen molar-refractivity contribution in [3.63, 3.8) is 0 Å². The van der Waals surface area contributed by atoms with E-state index in [1.807, 2.05) is 62.6 Å². The quantitative estimate of drug-likeness (QED) is 0.917. The van der Waals surface area contributed by atoms with Crippen molar-refractivity contribution in [3.05, 3.63) is 59.7 Å². The third kappa shape index (κ3) is 4.33. The average molecular weight is 284 g/mol. The Morgan fingerprint density at radius 3 is 2.19 bits per heavy atom. The molecule has 0 saturated heterocycles. The Bertz CT molecular complexity index is 589. The highest BCUT2D eigenvalue weighted by molar-refractivity contribution is 6.04. The molecule has 0 fully saturated rings. The zero-order valence-corrected chi connectivity index (χ0v) is 12.6. The van der Waals surface area contributed by atoms with Crippen LogP contribution >= 0.6 is 0 Å². The number of hydrogen-bond donors (Lipinski definition) is 1. The highest BCUT2D eigenvalue weighted by Gasteiger charge is 2.06. The van der Waals surface area contributed by atoms with Crippen LogP contribution in [0.1, 0.15) is 15.9 Å². The summed E-state index contributed by atoms with van der Waals surface area (Å²) < 4.78 is 5.09. The summed E-state index contributed by atoms with van der Waals surface area (Å²) in [5.74, 6) is 0.651. The molecule has 21 heavy (non-hydrogen) atoms. The van der Waals surface area contributed by atoms with Crippen LogP contribution in [0.25, 0.3) is 0 Å². The minimum absolute atomic E-state index is 0.114. The van der Waals surface area contributed by atoms with Gasteiger partial charge in [-0.15, -0.1) is 0 Å². The maximum absolute atomic E-state index is 12.1. The van der Waals surface area contributed by atoms with E-state index in [1.54, 1.807) is 7.11 Å². The van der Waals surface area contributed by atoms with Crippen molar-refractivity contribution >= 4 is 11.6 Å². The number of carbonyl (C=O) groups is 1. The summed E-state index contributed by atoms with van der Waals surface area (Å²) >= 11 is 0. The van der Waals surface area contributed by atoms with Crippen molar-refractivity contribution in [1.29, 1.82) is 0 Å². The maximum Gasteiger partial charge on any atom is 0.255 e. The van der Waals surface area contributed by atoms with Crippen LogP contribution in [-0.2, 0) is 6.54 Å². The van der Waals surface area contributed by atoms with Gasteiger partial charge in [0.05, 0.1) is 7.11 Å². The van der Waals surface area contributed by atoms with Crippen LogP contribution in [0, 0.1) is 0 Å². The van der Waals surface area contributed by atoms with Crippen LogP contribution in [-0.4, -0.2) is 32.0 Å². The van der Waals surface area contributed by atoms with Gasteiger partial charge in [0, 0.05) is 17.8 Å². The molecule has 2 rings (SSSR count). The lowest BCUT2D eigenvalue weighted by molar-refractivity contribution is 0.102. The predicted molar refractivity (Wildman–Crippen MR) is 84.8 cm³/mol. The van der Waals surface area contributed by atoms with E-state index in [4.69, 9.17) is 4.74 Å². The Morgan fingerprint density at radius 2 is 1.67 bits per heavy atom. The number of amides is 1. The molecule has 0 spiro atoms. The molecular weight excluding hydrogens is 264 g/mol. The average Bonchev–Trinajstić information content (AvgIpc) is 2.48. The van der Waals surface area contributed by atoms with Gasteiger partial charge in [0.1, 0.15) is 5.75 Å². The van der Waals surface area contributed by atoms with E-state index in [0.29, 0.717) is 5.56 Å². The molecule has 0 aliphatic carbocycles. The van der Waals surface area contributed by atoms with Gasteiger partial charge < -0.3 is 15.0 Å². The number of rotatable bonds is 5. The molecule has 0 aromatic heterocycles. The summed E-state index contributed by atoms with van der Waals surface area (Å²) in [7, 11) is 5.65. The third-order valence-corrected chi connectivity index (χ3v) is 3.06. The van der Waals surface area contributed by atoms with E-state index >= 15 is 0 Å². The van der Waals surface area contributed by atoms with Gasteiger partial charge in [-0.1, -0.05) is 12.1 Å². The topological polar surface area (TPSA) is 41.6 Å². The Morgan fingerprint density at radius 1 is 1.05 bits per heavy atom. The predicted octanol–water partition coefficient (Wildman–Crippen LogP) is 3.01. The molecule has 0 aliphatic heterocycles. The fraction of sp³-hybridized carbons (Fsp3) is 0.235. The number of benzene rings is 2. The molecule has 0 atom stereocenters. The lowest BCUT2D eigenvalue weighted by atomic mass is 10.1. The number of ether oxygens (including phenoxy) is 1. The number of carbonyl (C=O) groups excluding carboxylic acids is 1. The van der Waals surface area contributed by atoms with Crippen LogP contribution < -0.4 is 10.1 Å². The molecular formula is C17H20N2O2. The van der Waals surface area contributed by atoms with Crippen LogP contribution in [0.4, 0.5) is 5.69 Å². The monoisotopic (exact) mass is 284 g/mol. The zero-order valence-electron chi connectivity index (χ0n) is 12.6. The Labute approximate surface area is 125 Å². The normalized spacial score (nSPS) is 10.5. The second-order valence-corrected chi connectivity index (χ2v) is 5.12. The molecule has 0 unspecified atom stereocenters. The van der Waals surface area contributed by atoms with Crippen LogP contribution in [0.15, 0.2) is 48.5 Å². The Hall–Kier alpha value is -2.33. The van der Waals surface area contributed by atoms with E-state index in [-0.39, 0.29) is 5.91 Å². The Kier molecular flexibility index (Phi) is 4.95. The van der Waals surface area contributed by atoms with Crippen molar-refractivity contribution in [2.75, 3.05) is 26.5 Å². The fourth-order valence-corrected chi connectivity index (χ4v) is 2.00. The SMILES string of the molecule is COc1ccc(NC(=O)c2ccc(CN(C)C)cc2)cc1. The summed E-state index contributed by atoms with van der Waals surface area (Å²) in [6.45, 7) is 0.861. The molecule has 0 bridgehead atoms. The van der Waals surface area contributed by atoms with Gasteiger partial charge >= 0.3 is 0 Å². The first kappa shape index (κ1) is 15.1. The molecule has 110 valence electrons. The minimum atomic E-state index is -0.114. The summed E-state index contributed by atoms with van der Waals surface area (Å²) in [5, 5.41) is 2.86. The van der Waals surface area contributed by atoms with E-state index in [1.165, 1.54) is 5.56 Å². The van der Waals surface area contributed by atoms with Gasteiger partial charge in [0.2, 0.25) is 0 Å². The summed E-state index contributed by atoms with van der Waals surface area (Å²) in [4.78, 5) is 14.2. The lowest BCUT2D eigenvalue weighted by Gasteiger charge is -2.10. The van der Waals surface area contributed by atoms with E-state index in [2.05, 4.69) is 10.2 Å².